The van der Waals surface area contributed by atoms with Gasteiger partial charge in [0.25, 0.3) is 0 Å². The van der Waals surface area contributed by atoms with Crippen molar-refractivity contribution in [3.05, 3.63) is 0 Å². The van der Waals surface area contributed by atoms with E-state index >= 15 is 0 Å². The molecule has 18 heavy (non-hydrogen) atoms. The molecule has 0 aliphatic carbocycles. The lowest BCUT2D eigenvalue weighted by molar-refractivity contribution is -0.0196. The van der Waals surface area contributed by atoms with Crippen molar-refractivity contribution in [1.82, 2.24) is 9.80 Å². The molecule has 0 atom stereocenters. The molecule has 0 bridgehead atoms. The molecule has 0 N–H and O–H groups in total. The van der Waals surface area contributed by atoms with Crippen molar-refractivity contribution in [3.8, 4) is 0 Å². The summed E-state index contributed by atoms with van der Waals surface area (Å²) in [7, 11) is 0. The molecule has 0 spiro atoms. The third kappa shape index (κ3) is 5.47. The van der Waals surface area contributed by atoms with Crippen molar-refractivity contribution in [2.45, 2.75) is 45.1 Å². The molecule has 0 amide bonds. The summed E-state index contributed by atoms with van der Waals surface area (Å²) in [6, 6.07) is 0. The first kappa shape index (κ1) is 16.3. The summed E-state index contributed by atoms with van der Waals surface area (Å²) >= 11 is 1.94. The van der Waals surface area contributed by atoms with Crippen molar-refractivity contribution < 1.29 is 4.74 Å². The van der Waals surface area contributed by atoms with Crippen LogP contribution in [0.15, 0.2) is 0 Å². The molecule has 108 valence electrons. The van der Waals surface area contributed by atoms with Gasteiger partial charge < -0.3 is 4.74 Å². The smallest absolute Gasteiger partial charge is 0.0611 e. The zero-order chi connectivity index (χ0) is 13.8. The van der Waals surface area contributed by atoms with Crippen LogP contribution in [0.3, 0.4) is 0 Å². The van der Waals surface area contributed by atoms with Crippen LogP contribution in [-0.4, -0.2) is 65.9 Å². The average molecular weight is 274 g/mol. The fraction of sp³-hybridized carbons (Fsp3) is 1.00. The second kappa shape index (κ2) is 6.60. The minimum atomic E-state index is -0.0112. The first-order chi connectivity index (χ1) is 8.24. The summed E-state index contributed by atoms with van der Waals surface area (Å²) < 4.78 is 5.79. The number of thioether (sulfide) groups is 1. The molecular weight excluding hydrogens is 244 g/mol. The highest BCUT2D eigenvalue weighted by molar-refractivity contribution is 7.99. The van der Waals surface area contributed by atoms with E-state index in [2.05, 4.69) is 50.7 Å². The Morgan fingerprint density at radius 1 is 1.00 bits per heavy atom. The van der Waals surface area contributed by atoms with Crippen molar-refractivity contribution in [2.75, 3.05) is 45.6 Å². The largest absolute Gasteiger partial charge is 0.375 e. The maximum Gasteiger partial charge on any atom is 0.0611 e. The molecular formula is C14H30N2OS. The predicted octanol–water partition coefficient (Wildman–Crippen LogP) is 2.52. The minimum absolute atomic E-state index is 0.0112. The van der Waals surface area contributed by atoms with Crippen molar-refractivity contribution in [2.24, 2.45) is 0 Å². The summed E-state index contributed by atoms with van der Waals surface area (Å²) in [6.07, 6.45) is 2.20. The molecule has 0 unspecified atom stereocenters. The maximum absolute atomic E-state index is 5.79. The highest BCUT2D eigenvalue weighted by Gasteiger charge is 2.28. The molecule has 0 aromatic heterocycles. The average Bonchev–Trinajstić information content (AvgIpc) is 2.28. The summed E-state index contributed by atoms with van der Waals surface area (Å²) in [6.45, 7) is 17.6. The zero-order valence-electron chi connectivity index (χ0n) is 13.0. The second-order valence-corrected chi connectivity index (χ2v) is 7.85. The Kier molecular flexibility index (Phi) is 5.97. The fourth-order valence-corrected chi connectivity index (χ4v) is 2.56. The summed E-state index contributed by atoms with van der Waals surface area (Å²) in [4.78, 5) is 5.37. The van der Waals surface area contributed by atoms with Crippen LogP contribution < -0.4 is 0 Å². The van der Waals surface area contributed by atoms with E-state index < -0.39 is 0 Å². The van der Waals surface area contributed by atoms with Crippen molar-refractivity contribution in [1.29, 1.82) is 0 Å². The van der Waals surface area contributed by atoms with Gasteiger partial charge in [0.15, 0.2) is 0 Å². The number of piperazine rings is 1. The Bertz CT molecular complexity index is 243. The molecule has 1 aliphatic heterocycles. The summed E-state index contributed by atoms with van der Waals surface area (Å²) in [5, 5.41) is 0. The predicted molar refractivity (Wildman–Crippen MR) is 81.3 cm³/mol. The van der Waals surface area contributed by atoms with Gasteiger partial charge in [0.05, 0.1) is 17.1 Å². The number of hydrogen-bond acceptors (Lipinski definition) is 4. The molecule has 0 aromatic rings. The first-order valence-corrected chi connectivity index (χ1v) is 8.13. The first-order valence-electron chi connectivity index (χ1n) is 6.91. The topological polar surface area (TPSA) is 15.7 Å². The Morgan fingerprint density at radius 3 is 2.00 bits per heavy atom. The highest BCUT2D eigenvalue weighted by atomic mass is 32.2. The molecule has 1 saturated heterocycles. The molecule has 1 rings (SSSR count). The van der Waals surface area contributed by atoms with Gasteiger partial charge in [-0.25, -0.2) is 0 Å². The maximum atomic E-state index is 5.79. The SMILES string of the molecule is CSC(C)(C)N1CCN(CCOC(C)(C)C)CC1. The van der Waals surface area contributed by atoms with Gasteiger partial charge in [-0.05, 0) is 40.9 Å². The van der Waals surface area contributed by atoms with Gasteiger partial charge in [0.2, 0.25) is 0 Å². The van der Waals surface area contributed by atoms with Gasteiger partial charge >= 0.3 is 0 Å². The van der Waals surface area contributed by atoms with Gasteiger partial charge in [0.1, 0.15) is 0 Å². The number of ether oxygens (including phenoxy) is 1. The van der Waals surface area contributed by atoms with Crippen LogP contribution in [0.4, 0.5) is 0 Å². The van der Waals surface area contributed by atoms with Crippen LogP contribution in [0.25, 0.3) is 0 Å². The van der Waals surface area contributed by atoms with E-state index in [1.165, 1.54) is 13.1 Å². The van der Waals surface area contributed by atoms with Crippen LogP contribution >= 0.6 is 11.8 Å². The van der Waals surface area contributed by atoms with E-state index in [1.54, 1.807) is 0 Å². The van der Waals surface area contributed by atoms with Crippen LogP contribution in [0.5, 0.6) is 0 Å². The molecule has 0 saturated carbocycles. The van der Waals surface area contributed by atoms with E-state index in [1.807, 2.05) is 11.8 Å². The number of rotatable bonds is 5. The minimum Gasteiger partial charge on any atom is -0.375 e. The number of nitrogens with zero attached hydrogens (tertiary/aromatic N) is 2. The Morgan fingerprint density at radius 2 is 1.56 bits per heavy atom. The molecule has 0 radical (unpaired) electrons. The van der Waals surface area contributed by atoms with Crippen LogP contribution in [0, 0.1) is 0 Å². The zero-order valence-corrected chi connectivity index (χ0v) is 13.8. The standard InChI is InChI=1S/C14H30N2OS/c1-13(2,3)17-12-11-15-7-9-16(10-8-15)14(4,5)18-6/h7-12H2,1-6H3. The second-order valence-electron chi connectivity index (χ2n) is 6.44. The lowest BCUT2D eigenvalue weighted by Crippen LogP contribution is -2.53. The summed E-state index contributed by atoms with van der Waals surface area (Å²) in [5.74, 6) is 0. The quantitative estimate of drug-likeness (QED) is 0.765. The lowest BCUT2D eigenvalue weighted by atomic mass is 10.2. The van der Waals surface area contributed by atoms with E-state index in [-0.39, 0.29) is 10.5 Å². The van der Waals surface area contributed by atoms with E-state index in [4.69, 9.17) is 4.74 Å². The molecule has 4 heteroatoms. The Labute approximate surface area is 117 Å². The van der Waals surface area contributed by atoms with Crippen LogP contribution in [-0.2, 0) is 4.74 Å². The highest BCUT2D eigenvalue weighted by Crippen LogP contribution is 2.27. The monoisotopic (exact) mass is 274 g/mol. The third-order valence-corrected chi connectivity index (χ3v) is 4.83. The molecule has 1 heterocycles. The van der Waals surface area contributed by atoms with Crippen molar-refractivity contribution >= 4 is 11.8 Å². The van der Waals surface area contributed by atoms with Gasteiger partial charge in [-0.3, -0.25) is 9.80 Å². The van der Waals surface area contributed by atoms with Gasteiger partial charge in [0, 0.05) is 32.7 Å². The van der Waals surface area contributed by atoms with Crippen molar-refractivity contribution in [3.63, 3.8) is 0 Å². The van der Waals surface area contributed by atoms with Crippen LogP contribution in [0.2, 0.25) is 0 Å². The molecule has 3 nitrogen and oxygen atoms in total. The van der Waals surface area contributed by atoms with Gasteiger partial charge in [-0.1, -0.05) is 0 Å². The third-order valence-electron chi connectivity index (χ3n) is 3.58. The normalized spacial score (nSPS) is 20.3. The van der Waals surface area contributed by atoms with Gasteiger partial charge in [-0.15, -0.1) is 11.8 Å². The Hall–Kier alpha value is 0.230. The number of hydrogen-bond donors (Lipinski definition) is 0. The van der Waals surface area contributed by atoms with Crippen LogP contribution in [0.1, 0.15) is 34.6 Å². The fourth-order valence-electron chi connectivity index (χ4n) is 2.12. The summed E-state index contributed by atoms with van der Waals surface area (Å²) in [5.41, 5.74) is -0.0112. The Balaban J connectivity index is 2.24. The van der Waals surface area contributed by atoms with E-state index in [9.17, 15) is 0 Å². The van der Waals surface area contributed by atoms with E-state index in [0.717, 1.165) is 26.2 Å². The van der Waals surface area contributed by atoms with E-state index in [0.29, 0.717) is 0 Å². The van der Waals surface area contributed by atoms with Gasteiger partial charge in [-0.2, -0.15) is 0 Å². The molecule has 1 aliphatic rings. The molecule has 1 fully saturated rings. The molecule has 0 aromatic carbocycles. The lowest BCUT2D eigenvalue weighted by Gasteiger charge is -2.43.